The van der Waals surface area contributed by atoms with E-state index >= 15 is 0 Å². The Balaban J connectivity index is 1.50. The molecule has 2 aromatic carbocycles. The van der Waals surface area contributed by atoms with Crippen LogP contribution in [-0.2, 0) is 5.75 Å². The number of thioether (sulfide) groups is 1. The number of nitrogens with zero attached hydrogens (tertiary/aromatic N) is 1. The van der Waals surface area contributed by atoms with Crippen LogP contribution in [0, 0.1) is 0 Å². The number of hydrogen-bond donors (Lipinski definition) is 0. The van der Waals surface area contributed by atoms with Crippen molar-refractivity contribution >= 4 is 59.4 Å². The molecule has 1 aromatic heterocycles. The van der Waals surface area contributed by atoms with Crippen LogP contribution in [-0.4, -0.2) is 32.7 Å². The quantitative estimate of drug-likeness (QED) is 0.197. The van der Waals surface area contributed by atoms with Gasteiger partial charge in [0.1, 0.15) is 11.5 Å². The third-order valence-electron chi connectivity index (χ3n) is 4.75. The normalized spacial score (nSPS) is 11.2. The Kier molecular flexibility index (Phi) is 8.60. The summed E-state index contributed by atoms with van der Waals surface area (Å²) >= 11 is 9.14. The maximum Gasteiger partial charge on any atom is 0.269 e. The van der Waals surface area contributed by atoms with Crippen LogP contribution < -0.4 is 19.6 Å². The van der Waals surface area contributed by atoms with Gasteiger partial charge >= 0.3 is 0 Å². The van der Waals surface area contributed by atoms with E-state index in [1.165, 1.54) is 10.8 Å². The first-order chi connectivity index (χ1) is 14.8. The first-order valence-electron chi connectivity index (χ1n) is 10.2. The van der Waals surface area contributed by atoms with E-state index in [0.717, 1.165) is 28.7 Å². The van der Waals surface area contributed by atoms with Crippen molar-refractivity contribution in [3.8, 4) is 11.5 Å². The summed E-state index contributed by atoms with van der Waals surface area (Å²) < 4.78 is 11.9. The summed E-state index contributed by atoms with van der Waals surface area (Å²) in [4.78, 5) is 1.86. The van der Waals surface area contributed by atoms with Gasteiger partial charge < -0.3 is 14.4 Å². The van der Waals surface area contributed by atoms with Gasteiger partial charge in [-0.1, -0.05) is 43.0 Å². The van der Waals surface area contributed by atoms with Crippen LogP contribution in [0.5, 0.6) is 11.5 Å². The molecule has 0 aliphatic heterocycles. The lowest BCUT2D eigenvalue weighted by Gasteiger charge is -2.21. The maximum absolute atomic E-state index is 5.93. The SMILES string of the molecule is CN(C(=S)Oc1ccc([Si](C)(C)C)cc1)c1cccc(OCCSCc2ccsc2)c1. The minimum absolute atomic E-state index is 0.407. The van der Waals surface area contributed by atoms with E-state index in [1.54, 1.807) is 11.3 Å². The summed E-state index contributed by atoms with van der Waals surface area (Å²) in [6.07, 6.45) is 0. The molecule has 0 saturated heterocycles. The Morgan fingerprint density at radius 3 is 2.52 bits per heavy atom. The highest BCUT2D eigenvalue weighted by atomic mass is 32.2. The van der Waals surface area contributed by atoms with Crippen LogP contribution in [0.1, 0.15) is 5.56 Å². The molecule has 0 aliphatic rings. The molecular weight excluding hydrogens is 459 g/mol. The summed E-state index contributed by atoms with van der Waals surface area (Å²) in [6, 6.07) is 18.4. The second-order valence-corrected chi connectivity index (χ2v) is 15.5. The van der Waals surface area contributed by atoms with Crippen LogP contribution in [0.2, 0.25) is 19.6 Å². The highest BCUT2D eigenvalue weighted by Gasteiger charge is 2.16. The molecule has 1 heterocycles. The van der Waals surface area contributed by atoms with Crippen molar-refractivity contribution in [2.45, 2.75) is 25.4 Å². The number of thiocarbonyl (C=S) groups is 1. The van der Waals surface area contributed by atoms with Crippen LogP contribution in [0.25, 0.3) is 0 Å². The van der Waals surface area contributed by atoms with Gasteiger partial charge in [0.15, 0.2) is 0 Å². The van der Waals surface area contributed by atoms with Gasteiger partial charge in [0, 0.05) is 30.3 Å². The molecule has 0 aliphatic carbocycles. The summed E-state index contributed by atoms with van der Waals surface area (Å²) in [5.41, 5.74) is 2.31. The third kappa shape index (κ3) is 7.38. The predicted molar refractivity (Wildman–Crippen MR) is 143 cm³/mol. The second kappa shape index (κ2) is 11.2. The van der Waals surface area contributed by atoms with E-state index in [4.69, 9.17) is 21.7 Å². The lowest BCUT2D eigenvalue weighted by atomic mass is 10.3. The van der Waals surface area contributed by atoms with Gasteiger partial charge in [-0.25, -0.2) is 0 Å². The van der Waals surface area contributed by atoms with Gasteiger partial charge in [-0.2, -0.15) is 23.1 Å². The number of thiophene rings is 1. The van der Waals surface area contributed by atoms with Crippen LogP contribution in [0.15, 0.2) is 65.4 Å². The average Bonchev–Trinajstić information content (AvgIpc) is 3.26. The van der Waals surface area contributed by atoms with Crippen LogP contribution in [0.4, 0.5) is 5.69 Å². The zero-order valence-corrected chi connectivity index (χ0v) is 21.9. The van der Waals surface area contributed by atoms with Gasteiger partial charge in [-0.15, -0.1) is 0 Å². The van der Waals surface area contributed by atoms with Crippen LogP contribution in [0.3, 0.4) is 0 Å². The standard InChI is InChI=1S/C24H29NO2S3Si/c1-25(24(28)27-21-8-10-23(11-9-21)31(2,3)4)20-6-5-7-22(16-20)26-13-15-30-18-19-12-14-29-17-19/h5-12,14,16-17H,13,15,18H2,1-4H3. The number of anilines is 1. The molecule has 31 heavy (non-hydrogen) atoms. The van der Waals surface area contributed by atoms with E-state index in [2.05, 4.69) is 48.6 Å². The zero-order valence-electron chi connectivity index (χ0n) is 18.5. The van der Waals surface area contributed by atoms with E-state index in [-0.39, 0.29) is 0 Å². The highest BCUT2D eigenvalue weighted by Crippen LogP contribution is 2.22. The Hall–Kier alpha value is -1.80. The van der Waals surface area contributed by atoms with Crippen molar-refractivity contribution < 1.29 is 9.47 Å². The number of hydrogen-bond acceptors (Lipinski definition) is 5. The van der Waals surface area contributed by atoms with Crippen molar-refractivity contribution in [2.75, 3.05) is 24.3 Å². The molecule has 0 bridgehead atoms. The smallest absolute Gasteiger partial charge is 0.269 e. The first kappa shape index (κ1) is 23.9. The van der Waals surface area contributed by atoms with Crippen molar-refractivity contribution in [1.82, 2.24) is 0 Å². The van der Waals surface area contributed by atoms with Crippen molar-refractivity contribution in [3.63, 3.8) is 0 Å². The largest absolute Gasteiger partial charge is 0.493 e. The highest BCUT2D eigenvalue weighted by molar-refractivity contribution is 7.98. The molecule has 7 heteroatoms. The Labute approximate surface area is 200 Å². The fourth-order valence-electron chi connectivity index (χ4n) is 2.86. The van der Waals surface area contributed by atoms with Crippen molar-refractivity contribution in [2.24, 2.45) is 0 Å². The molecule has 0 unspecified atom stereocenters. The molecule has 0 saturated carbocycles. The molecule has 0 amide bonds. The van der Waals surface area contributed by atoms with Gasteiger partial charge in [0.05, 0.1) is 14.7 Å². The minimum atomic E-state index is -1.32. The molecule has 0 spiro atoms. The van der Waals surface area contributed by atoms with E-state index in [9.17, 15) is 0 Å². The van der Waals surface area contributed by atoms with Crippen LogP contribution >= 0.6 is 35.3 Å². The fraction of sp³-hybridized carbons (Fsp3) is 0.292. The molecule has 0 radical (unpaired) electrons. The maximum atomic E-state index is 5.93. The lowest BCUT2D eigenvalue weighted by molar-refractivity contribution is 0.344. The number of ether oxygens (including phenoxy) is 2. The molecule has 3 nitrogen and oxygen atoms in total. The molecule has 3 rings (SSSR count). The lowest BCUT2D eigenvalue weighted by Crippen LogP contribution is -2.37. The van der Waals surface area contributed by atoms with Gasteiger partial charge in [-0.3, -0.25) is 0 Å². The summed E-state index contributed by atoms with van der Waals surface area (Å²) in [5.74, 6) is 3.57. The van der Waals surface area contributed by atoms with Crippen molar-refractivity contribution in [1.29, 1.82) is 0 Å². The first-order valence-corrected chi connectivity index (χ1v) is 16.2. The second-order valence-electron chi connectivity index (χ2n) is 8.23. The van der Waals surface area contributed by atoms with E-state index < -0.39 is 8.07 Å². The molecule has 0 fully saturated rings. The van der Waals surface area contributed by atoms with Gasteiger partial charge in [0.25, 0.3) is 5.17 Å². The zero-order chi connectivity index (χ0) is 22.3. The summed E-state index contributed by atoms with van der Waals surface area (Å²) in [6.45, 7) is 7.67. The van der Waals surface area contributed by atoms with Crippen molar-refractivity contribution in [3.05, 3.63) is 70.9 Å². The Morgan fingerprint density at radius 2 is 1.84 bits per heavy atom. The molecule has 3 aromatic rings. The molecular formula is C24H29NO2S3Si. The Bertz CT molecular complexity index is 969. The van der Waals surface area contributed by atoms with E-state index in [0.29, 0.717) is 11.8 Å². The monoisotopic (exact) mass is 487 g/mol. The van der Waals surface area contributed by atoms with Gasteiger partial charge in [0.2, 0.25) is 0 Å². The minimum Gasteiger partial charge on any atom is -0.493 e. The predicted octanol–water partition coefficient (Wildman–Crippen LogP) is 6.41. The molecule has 164 valence electrons. The average molecular weight is 488 g/mol. The van der Waals surface area contributed by atoms with E-state index in [1.807, 2.05) is 60.1 Å². The molecule has 0 N–H and O–H groups in total. The third-order valence-corrected chi connectivity index (χ3v) is 8.90. The Morgan fingerprint density at radius 1 is 1.06 bits per heavy atom. The summed E-state index contributed by atoms with van der Waals surface area (Å²) in [5, 5.41) is 6.12. The summed E-state index contributed by atoms with van der Waals surface area (Å²) in [7, 11) is 0.590. The molecule has 0 atom stereocenters. The number of benzene rings is 2. The number of rotatable bonds is 9. The topological polar surface area (TPSA) is 21.7 Å². The van der Waals surface area contributed by atoms with Gasteiger partial charge in [-0.05, 0) is 58.9 Å². The fourth-order valence-corrected chi connectivity index (χ4v) is 5.77.